The van der Waals surface area contributed by atoms with Crippen LogP contribution >= 0.6 is 6.12 Å². The van der Waals surface area contributed by atoms with E-state index in [1.807, 2.05) is 12.1 Å². The third-order valence-corrected chi connectivity index (χ3v) is 10.9. The van der Waals surface area contributed by atoms with Gasteiger partial charge in [0.2, 0.25) is 0 Å². The minimum atomic E-state index is -3.41. The summed E-state index contributed by atoms with van der Waals surface area (Å²) in [4.78, 5) is 12.2. The first-order chi connectivity index (χ1) is 23.0. The van der Waals surface area contributed by atoms with Crippen molar-refractivity contribution in [3.63, 3.8) is 0 Å². The summed E-state index contributed by atoms with van der Waals surface area (Å²) in [7, 11) is 0. The molecule has 0 heterocycles. The van der Waals surface area contributed by atoms with Crippen LogP contribution in [0.3, 0.4) is 0 Å². The van der Waals surface area contributed by atoms with Gasteiger partial charge in [-0.25, -0.2) is 0 Å². The standard InChI is InChI=1S/C42H79O2PS2.Zn/c1-3-5-7-9-11-13-15-17-19-21-23-25-27-29-31-33-36-40-37-35-39-42(44-45(43,46)47)41(40)38-34-32-30-28-26-24-22-20-18-16-14-12-10-8-6-4-2;/h35,37,39H,3-34,36,38H2,1-2H3,(H2,43,46,47);/q;+2/p-2. The zero-order chi connectivity index (χ0) is 34.1. The molecular weight excluding hydrogens is 697 g/mol. The summed E-state index contributed by atoms with van der Waals surface area (Å²) in [6.45, 7) is 4.59. The molecule has 1 aromatic rings. The maximum Gasteiger partial charge on any atom is 2.00 e. The maximum atomic E-state index is 12.2. The Morgan fingerprint density at radius 1 is 0.458 bits per heavy atom. The average Bonchev–Trinajstić information content (AvgIpc) is 3.04. The van der Waals surface area contributed by atoms with Crippen LogP contribution in [0.1, 0.15) is 230 Å². The molecule has 0 saturated carbocycles. The number of hydrogen-bond donors (Lipinski definition) is 0. The Hall–Kier alpha value is 0.733. The smallest absolute Gasteiger partial charge is 0.682 e. The molecule has 0 unspecified atom stereocenters. The second kappa shape index (κ2) is 36.1. The second-order valence-electron chi connectivity index (χ2n) is 14.5. The number of unbranched alkanes of at least 4 members (excludes halogenated alkanes) is 30. The van der Waals surface area contributed by atoms with Gasteiger partial charge in [-0.15, -0.1) is 6.12 Å². The van der Waals surface area contributed by atoms with Crippen LogP contribution in [-0.2, 0) is 56.8 Å². The van der Waals surface area contributed by atoms with Crippen LogP contribution in [0.25, 0.3) is 0 Å². The molecule has 0 radical (unpaired) electrons. The van der Waals surface area contributed by atoms with E-state index >= 15 is 0 Å². The fraction of sp³-hybridized carbons (Fsp3) is 0.857. The Morgan fingerprint density at radius 2 is 0.750 bits per heavy atom. The molecule has 0 fully saturated rings. The van der Waals surface area contributed by atoms with Crippen molar-refractivity contribution in [1.82, 2.24) is 0 Å². The summed E-state index contributed by atoms with van der Waals surface area (Å²) in [6, 6.07) is 6.18. The van der Waals surface area contributed by atoms with Crippen LogP contribution in [0.15, 0.2) is 18.2 Å². The van der Waals surface area contributed by atoms with Crippen molar-refractivity contribution in [2.75, 3.05) is 0 Å². The molecule has 0 bridgehead atoms. The first-order valence-electron chi connectivity index (χ1n) is 20.8. The van der Waals surface area contributed by atoms with Crippen LogP contribution in [0.5, 0.6) is 5.75 Å². The Labute approximate surface area is 324 Å². The average molecular weight is 775 g/mol. The largest absolute Gasteiger partial charge is 2.00 e. The van der Waals surface area contributed by atoms with Crippen molar-refractivity contribution in [1.29, 1.82) is 0 Å². The topological polar surface area (TPSA) is 32.3 Å². The molecule has 1 aromatic carbocycles. The van der Waals surface area contributed by atoms with Gasteiger partial charge in [0.1, 0.15) is 0 Å². The molecule has 6 heteroatoms. The molecule has 2 nitrogen and oxygen atoms in total. The van der Waals surface area contributed by atoms with Crippen molar-refractivity contribution < 1.29 is 28.9 Å². The van der Waals surface area contributed by atoms with Crippen LogP contribution in [0.2, 0.25) is 0 Å². The Morgan fingerprint density at radius 3 is 1.06 bits per heavy atom. The molecule has 0 aliphatic heterocycles. The molecule has 48 heavy (non-hydrogen) atoms. The van der Waals surface area contributed by atoms with E-state index in [0.717, 1.165) is 19.3 Å². The van der Waals surface area contributed by atoms with Gasteiger partial charge in [0, 0.05) is 5.56 Å². The van der Waals surface area contributed by atoms with Crippen LogP contribution < -0.4 is 9.42 Å². The van der Waals surface area contributed by atoms with Gasteiger partial charge in [-0.1, -0.05) is 219 Å². The van der Waals surface area contributed by atoms with E-state index in [-0.39, 0.29) is 19.5 Å². The van der Waals surface area contributed by atoms with Crippen molar-refractivity contribution in [2.24, 2.45) is 0 Å². The Balaban J connectivity index is 0.0000221. The summed E-state index contributed by atoms with van der Waals surface area (Å²) in [5.74, 6) is 0.674. The number of benzene rings is 1. The molecular formula is C42H77O2PS2Zn. The molecule has 0 aliphatic carbocycles. The third kappa shape index (κ3) is 31.5. The van der Waals surface area contributed by atoms with E-state index < -0.39 is 6.12 Å². The molecule has 276 valence electrons. The monoisotopic (exact) mass is 772 g/mol. The summed E-state index contributed by atoms with van der Waals surface area (Å²) in [5.41, 5.74) is 2.54. The van der Waals surface area contributed by atoms with E-state index in [0.29, 0.717) is 5.75 Å². The molecule has 0 saturated heterocycles. The summed E-state index contributed by atoms with van der Waals surface area (Å²) >= 11 is 9.96. The van der Waals surface area contributed by atoms with Crippen molar-refractivity contribution in [3.8, 4) is 5.75 Å². The van der Waals surface area contributed by atoms with Gasteiger partial charge in [-0.3, -0.25) is 0 Å². The van der Waals surface area contributed by atoms with E-state index in [4.69, 9.17) is 29.0 Å². The number of aryl methyl sites for hydroxylation is 1. The second-order valence-corrected chi connectivity index (χ2v) is 19.2. The van der Waals surface area contributed by atoms with Crippen LogP contribution in [-0.4, -0.2) is 0 Å². The van der Waals surface area contributed by atoms with Crippen LogP contribution in [0, 0.1) is 0 Å². The van der Waals surface area contributed by atoms with E-state index in [1.165, 1.54) is 210 Å². The van der Waals surface area contributed by atoms with Crippen molar-refractivity contribution in [3.05, 3.63) is 29.3 Å². The first kappa shape index (κ1) is 48.7. The van der Waals surface area contributed by atoms with Gasteiger partial charge < -0.3 is 33.9 Å². The van der Waals surface area contributed by atoms with Gasteiger partial charge in [-0.2, -0.15) is 0 Å². The van der Waals surface area contributed by atoms with Crippen molar-refractivity contribution in [2.45, 2.75) is 232 Å². The summed E-state index contributed by atoms with van der Waals surface area (Å²) in [6.07, 6.45) is 42.8. The van der Waals surface area contributed by atoms with Crippen molar-refractivity contribution >= 4 is 30.6 Å². The fourth-order valence-corrected chi connectivity index (χ4v) is 7.94. The normalized spacial score (nSPS) is 11.6. The maximum absolute atomic E-state index is 12.2. The number of rotatable bonds is 36. The molecule has 0 amide bonds. The van der Waals surface area contributed by atoms with Gasteiger partial charge in [0.05, 0.1) is 0 Å². The summed E-state index contributed by atoms with van der Waals surface area (Å²) in [5, 5.41) is 0. The molecule has 1 rings (SSSR count). The van der Waals surface area contributed by atoms with Gasteiger partial charge in [0.25, 0.3) is 0 Å². The van der Waals surface area contributed by atoms with Crippen LogP contribution in [0.4, 0.5) is 0 Å². The molecule has 0 aromatic heterocycles. The predicted octanol–water partition coefficient (Wildman–Crippen LogP) is 14.8. The summed E-state index contributed by atoms with van der Waals surface area (Å²) < 4.78 is 5.67. The number of hydrogen-bond acceptors (Lipinski definition) is 4. The zero-order valence-electron chi connectivity index (χ0n) is 32.1. The molecule has 0 N–H and O–H groups in total. The minimum Gasteiger partial charge on any atom is -0.682 e. The SMILES string of the molecule is CCCCCCCCCCCCCCCCCCc1cccc(O[P+]([O-])([S-])[S-])c1CCCCCCCCCCCCCCCCCC.[Zn+2]. The molecule has 0 aliphatic rings. The predicted molar refractivity (Wildman–Crippen MR) is 215 cm³/mol. The minimum absolute atomic E-state index is 0. The van der Waals surface area contributed by atoms with E-state index in [1.54, 1.807) is 0 Å². The zero-order valence-corrected chi connectivity index (χ0v) is 37.6. The van der Waals surface area contributed by atoms with Gasteiger partial charge >= 0.3 is 19.5 Å². The fourth-order valence-electron chi connectivity index (χ4n) is 7.05. The first-order valence-corrected chi connectivity index (χ1v) is 24.5. The molecule has 0 atom stereocenters. The Bertz CT molecular complexity index is 804. The van der Waals surface area contributed by atoms with Gasteiger partial charge in [-0.05, 0) is 37.3 Å². The third-order valence-electron chi connectivity index (χ3n) is 10.0. The molecule has 0 spiro atoms. The van der Waals surface area contributed by atoms with Gasteiger partial charge in [0.15, 0.2) is 5.75 Å². The Kier molecular flexibility index (Phi) is 36.7. The quantitative estimate of drug-likeness (QED) is 0.0294. The van der Waals surface area contributed by atoms with E-state index in [9.17, 15) is 4.89 Å². The van der Waals surface area contributed by atoms with E-state index in [2.05, 4.69) is 19.9 Å².